The van der Waals surface area contributed by atoms with E-state index in [2.05, 4.69) is 16.3 Å². The lowest BCUT2D eigenvalue weighted by Gasteiger charge is -2.31. The van der Waals surface area contributed by atoms with Crippen LogP contribution in [0, 0.1) is 19.8 Å². The van der Waals surface area contributed by atoms with Crippen LogP contribution < -0.4 is 5.32 Å². The molecule has 2 aromatic rings. The van der Waals surface area contributed by atoms with Crippen molar-refractivity contribution in [2.75, 3.05) is 45.7 Å². The van der Waals surface area contributed by atoms with Gasteiger partial charge in [0.25, 0.3) is 0 Å². The molecule has 33 heavy (non-hydrogen) atoms. The average Bonchev–Trinajstić information content (AvgIpc) is 3.17. The van der Waals surface area contributed by atoms with Crippen molar-refractivity contribution in [2.45, 2.75) is 33.6 Å². The first-order valence-electron chi connectivity index (χ1n) is 11.3. The molecular weight excluding hydrogens is 438 g/mol. The first kappa shape index (κ1) is 24.9. The Morgan fingerprint density at radius 3 is 2.45 bits per heavy atom. The number of hydrogen-bond donors (Lipinski definition) is 1. The molecule has 1 aromatic heterocycles. The van der Waals surface area contributed by atoms with Crippen LogP contribution in [0.3, 0.4) is 0 Å². The fraction of sp³-hybridized carbons (Fsp3) is 0.480. The van der Waals surface area contributed by atoms with Crippen molar-refractivity contribution in [1.29, 1.82) is 0 Å². The summed E-state index contributed by atoms with van der Waals surface area (Å²) in [4.78, 5) is 41.5. The van der Waals surface area contributed by atoms with Crippen molar-refractivity contribution in [2.24, 2.45) is 5.92 Å². The molecule has 0 aliphatic carbocycles. The summed E-state index contributed by atoms with van der Waals surface area (Å²) in [5, 5.41) is 5.34. The molecule has 2 amide bonds. The number of rotatable bonds is 7. The number of anilines is 1. The van der Waals surface area contributed by atoms with E-state index in [1.54, 1.807) is 25.9 Å². The van der Waals surface area contributed by atoms with Crippen LogP contribution in [0.2, 0.25) is 0 Å². The van der Waals surface area contributed by atoms with Gasteiger partial charge in [-0.15, -0.1) is 11.3 Å². The Morgan fingerprint density at radius 2 is 1.85 bits per heavy atom. The molecule has 0 spiro atoms. The van der Waals surface area contributed by atoms with Gasteiger partial charge in [-0.2, -0.15) is 0 Å². The van der Waals surface area contributed by atoms with Gasteiger partial charge in [0.2, 0.25) is 11.8 Å². The number of benzene rings is 1. The van der Waals surface area contributed by atoms with E-state index in [0.29, 0.717) is 23.7 Å². The van der Waals surface area contributed by atoms with Crippen LogP contribution in [0.25, 0.3) is 11.1 Å². The summed E-state index contributed by atoms with van der Waals surface area (Å²) in [6, 6.07) is 6.09. The molecular formula is C25H33N3O4S. The van der Waals surface area contributed by atoms with Crippen LogP contribution in [0.15, 0.2) is 23.6 Å². The maximum Gasteiger partial charge on any atom is 0.341 e. The number of ether oxygens (including phenoxy) is 1. The van der Waals surface area contributed by atoms with Gasteiger partial charge in [-0.25, -0.2) is 4.79 Å². The zero-order chi connectivity index (χ0) is 24.1. The summed E-state index contributed by atoms with van der Waals surface area (Å²) in [5.41, 5.74) is 4.33. The van der Waals surface area contributed by atoms with Gasteiger partial charge in [-0.3, -0.25) is 14.5 Å². The van der Waals surface area contributed by atoms with Crippen LogP contribution in [0.1, 0.15) is 41.3 Å². The highest BCUT2D eigenvalue weighted by molar-refractivity contribution is 7.15. The lowest BCUT2D eigenvalue weighted by molar-refractivity contribution is -0.134. The maximum atomic E-state index is 12.8. The molecule has 2 heterocycles. The predicted octanol–water partition coefficient (Wildman–Crippen LogP) is 3.95. The summed E-state index contributed by atoms with van der Waals surface area (Å²) in [5.74, 6) is -0.443. The van der Waals surface area contributed by atoms with E-state index in [1.807, 2.05) is 31.4 Å². The molecule has 0 saturated carbocycles. The van der Waals surface area contributed by atoms with Crippen LogP contribution in [-0.4, -0.2) is 67.9 Å². The van der Waals surface area contributed by atoms with Gasteiger partial charge in [0, 0.05) is 31.0 Å². The van der Waals surface area contributed by atoms with Gasteiger partial charge in [-0.05, 0) is 57.8 Å². The fourth-order valence-corrected chi connectivity index (χ4v) is 5.21. The predicted molar refractivity (Wildman–Crippen MR) is 132 cm³/mol. The quantitative estimate of drug-likeness (QED) is 0.619. The van der Waals surface area contributed by atoms with Gasteiger partial charge >= 0.3 is 5.97 Å². The molecule has 8 heteroatoms. The Hall–Kier alpha value is -2.71. The summed E-state index contributed by atoms with van der Waals surface area (Å²) in [7, 11) is 3.55. The van der Waals surface area contributed by atoms with Crippen molar-refractivity contribution in [1.82, 2.24) is 9.80 Å². The molecule has 1 N–H and O–H groups in total. The number of carbonyl (C=O) groups is 3. The Morgan fingerprint density at radius 1 is 1.15 bits per heavy atom. The molecule has 0 unspecified atom stereocenters. The van der Waals surface area contributed by atoms with Gasteiger partial charge in [0.15, 0.2) is 0 Å². The standard InChI is InChI=1S/C25H33N3O4S/c1-6-32-25(31)22-20(19-8-7-16(2)13-17(19)3)15-33-23(22)26-21(29)14-28-11-9-18(10-12-28)24(30)27(4)5/h7-8,13,15,18H,6,9-12,14H2,1-5H3,(H,26,29). The molecule has 3 rings (SSSR count). The zero-order valence-electron chi connectivity index (χ0n) is 20.1. The van der Waals surface area contributed by atoms with Crippen molar-refractivity contribution in [3.8, 4) is 11.1 Å². The minimum Gasteiger partial charge on any atom is -0.462 e. The van der Waals surface area contributed by atoms with Crippen LogP contribution >= 0.6 is 11.3 Å². The lowest BCUT2D eigenvalue weighted by Crippen LogP contribution is -2.43. The third-order valence-corrected chi connectivity index (χ3v) is 6.84. The van der Waals surface area contributed by atoms with Crippen molar-refractivity contribution in [3.63, 3.8) is 0 Å². The van der Waals surface area contributed by atoms with Crippen molar-refractivity contribution >= 4 is 34.1 Å². The first-order chi connectivity index (χ1) is 15.7. The Bertz CT molecular complexity index is 1020. The van der Waals surface area contributed by atoms with Gasteiger partial charge in [0.1, 0.15) is 10.6 Å². The second kappa shape index (κ2) is 10.9. The third-order valence-electron chi connectivity index (χ3n) is 5.94. The smallest absolute Gasteiger partial charge is 0.341 e. The van der Waals surface area contributed by atoms with E-state index >= 15 is 0 Å². The number of amides is 2. The number of esters is 1. The third kappa shape index (κ3) is 6.00. The Balaban J connectivity index is 1.73. The van der Waals surface area contributed by atoms with E-state index in [-0.39, 0.29) is 30.9 Å². The Kier molecular flexibility index (Phi) is 8.26. The Labute approximate surface area is 199 Å². The second-order valence-corrected chi connectivity index (χ2v) is 9.60. The highest BCUT2D eigenvalue weighted by atomic mass is 32.1. The summed E-state index contributed by atoms with van der Waals surface area (Å²) >= 11 is 1.33. The second-order valence-electron chi connectivity index (χ2n) is 8.72. The van der Waals surface area contributed by atoms with E-state index in [9.17, 15) is 14.4 Å². The topological polar surface area (TPSA) is 79.0 Å². The number of piperidine rings is 1. The fourth-order valence-electron chi connectivity index (χ4n) is 4.24. The molecule has 1 aromatic carbocycles. The molecule has 1 aliphatic heterocycles. The van der Waals surface area contributed by atoms with Gasteiger partial charge in [-0.1, -0.05) is 23.8 Å². The highest BCUT2D eigenvalue weighted by Gasteiger charge is 2.28. The zero-order valence-corrected chi connectivity index (χ0v) is 20.9. The molecule has 0 bridgehead atoms. The monoisotopic (exact) mass is 471 g/mol. The van der Waals surface area contributed by atoms with Crippen LogP contribution in [0.5, 0.6) is 0 Å². The average molecular weight is 472 g/mol. The van der Waals surface area contributed by atoms with E-state index in [0.717, 1.165) is 35.1 Å². The van der Waals surface area contributed by atoms with E-state index in [4.69, 9.17) is 4.74 Å². The summed E-state index contributed by atoms with van der Waals surface area (Å²) in [6.45, 7) is 7.68. The van der Waals surface area contributed by atoms with Crippen LogP contribution in [-0.2, 0) is 14.3 Å². The SMILES string of the molecule is CCOC(=O)c1c(-c2ccc(C)cc2C)csc1NC(=O)CN1CCC(C(=O)N(C)C)CC1. The van der Waals surface area contributed by atoms with Crippen LogP contribution in [0.4, 0.5) is 5.00 Å². The lowest BCUT2D eigenvalue weighted by atomic mass is 9.95. The largest absolute Gasteiger partial charge is 0.462 e. The molecule has 7 nitrogen and oxygen atoms in total. The molecule has 1 saturated heterocycles. The number of hydrogen-bond acceptors (Lipinski definition) is 6. The molecule has 0 atom stereocenters. The van der Waals surface area contributed by atoms with E-state index in [1.165, 1.54) is 11.3 Å². The minimum atomic E-state index is -0.438. The van der Waals surface area contributed by atoms with Crippen molar-refractivity contribution < 1.29 is 19.1 Å². The minimum absolute atomic E-state index is 0.0207. The number of carbonyl (C=O) groups excluding carboxylic acids is 3. The number of nitrogens with one attached hydrogen (secondary N) is 1. The highest BCUT2D eigenvalue weighted by Crippen LogP contribution is 2.38. The van der Waals surface area contributed by atoms with Gasteiger partial charge < -0.3 is 15.0 Å². The normalized spacial score (nSPS) is 14.7. The van der Waals surface area contributed by atoms with Crippen molar-refractivity contribution in [3.05, 3.63) is 40.3 Å². The molecule has 1 aliphatic rings. The van der Waals surface area contributed by atoms with Gasteiger partial charge in [0.05, 0.1) is 13.2 Å². The van der Waals surface area contributed by atoms with E-state index < -0.39 is 5.97 Å². The first-order valence-corrected chi connectivity index (χ1v) is 12.2. The number of aryl methyl sites for hydroxylation is 2. The maximum absolute atomic E-state index is 12.8. The number of likely N-dealkylation sites (tertiary alicyclic amines) is 1. The number of thiophene rings is 1. The summed E-state index contributed by atoms with van der Waals surface area (Å²) in [6.07, 6.45) is 1.49. The molecule has 0 radical (unpaired) electrons. The molecule has 1 fully saturated rings. The molecule has 178 valence electrons. The number of nitrogens with zero attached hydrogens (tertiary/aromatic N) is 2. The summed E-state index contributed by atoms with van der Waals surface area (Å²) < 4.78 is 5.31.